The number of rotatable bonds is 9. The van der Waals surface area contributed by atoms with E-state index in [1.165, 1.54) is 27.8 Å². The highest BCUT2D eigenvalue weighted by Crippen LogP contribution is 2.21. The maximum atomic E-state index is 12.5. The monoisotopic (exact) mass is 336 g/mol. The Bertz CT molecular complexity index is 489. The van der Waals surface area contributed by atoms with Gasteiger partial charge in [0, 0.05) is 36.0 Å². The number of hydrogen-bond acceptors (Lipinski definition) is 5. The predicted molar refractivity (Wildman–Crippen MR) is 78.7 cm³/mol. The number of hydrogen-bond donors (Lipinski definition) is 2. The van der Waals surface area contributed by atoms with Crippen LogP contribution in [0.4, 0.5) is 8.78 Å². The number of carbonyl (C=O) groups excluding carboxylic acids is 1. The van der Waals surface area contributed by atoms with Crippen molar-refractivity contribution in [3.8, 4) is 0 Å². The molecule has 0 aliphatic carbocycles. The van der Waals surface area contributed by atoms with Crippen molar-refractivity contribution in [2.24, 2.45) is 0 Å². The summed E-state index contributed by atoms with van der Waals surface area (Å²) in [6.07, 6.45) is -0.311. The van der Waals surface area contributed by atoms with E-state index in [4.69, 9.17) is 5.11 Å². The lowest BCUT2D eigenvalue weighted by molar-refractivity contribution is -0.136. The number of amides is 1. The van der Waals surface area contributed by atoms with Gasteiger partial charge in [0.25, 0.3) is 12.3 Å². The maximum Gasteiger partial charge on any atom is 0.304 e. The zero-order chi connectivity index (χ0) is 15.7. The van der Waals surface area contributed by atoms with Crippen LogP contribution in [0.1, 0.15) is 28.8 Å². The molecule has 21 heavy (non-hydrogen) atoms. The van der Waals surface area contributed by atoms with Crippen LogP contribution in [-0.2, 0) is 4.79 Å². The van der Waals surface area contributed by atoms with E-state index in [0.717, 1.165) is 12.3 Å². The quantitative estimate of drug-likeness (QED) is 0.533. The Hall–Kier alpha value is -1.35. The molecule has 9 heteroatoms. The molecular weight excluding hydrogens is 322 g/mol. The first kappa shape index (κ1) is 17.7. The van der Waals surface area contributed by atoms with Crippen molar-refractivity contribution >= 4 is 33.5 Å². The van der Waals surface area contributed by atoms with Crippen LogP contribution < -0.4 is 5.32 Å². The number of carbonyl (C=O) groups is 2. The average Bonchev–Trinajstić information content (AvgIpc) is 2.45. The first-order valence-corrected chi connectivity index (χ1v) is 8.47. The van der Waals surface area contributed by atoms with Crippen LogP contribution in [0.25, 0.3) is 0 Å². The van der Waals surface area contributed by atoms with Crippen molar-refractivity contribution in [1.82, 2.24) is 10.3 Å². The van der Waals surface area contributed by atoms with Crippen LogP contribution in [0.15, 0.2) is 18.5 Å². The lowest BCUT2D eigenvalue weighted by Gasteiger charge is -2.06. The minimum Gasteiger partial charge on any atom is -0.481 e. The van der Waals surface area contributed by atoms with E-state index < -0.39 is 18.3 Å². The molecule has 1 amide bonds. The summed E-state index contributed by atoms with van der Waals surface area (Å²) in [5, 5.41) is 11.0. The Morgan fingerprint density at radius 1 is 1.29 bits per heavy atom. The van der Waals surface area contributed by atoms with Gasteiger partial charge in [0.2, 0.25) is 0 Å². The van der Waals surface area contributed by atoms with Crippen LogP contribution in [-0.4, -0.2) is 40.0 Å². The molecule has 0 unspecified atom stereocenters. The molecule has 0 aliphatic heterocycles. The number of halogens is 2. The normalized spacial score (nSPS) is 10.6. The van der Waals surface area contributed by atoms with Gasteiger partial charge in [-0.3, -0.25) is 14.6 Å². The minimum atomic E-state index is -2.66. The van der Waals surface area contributed by atoms with E-state index >= 15 is 0 Å². The fraction of sp³-hybridized carbons (Fsp3) is 0.417. The Morgan fingerprint density at radius 3 is 2.67 bits per heavy atom. The Morgan fingerprint density at radius 2 is 2.00 bits per heavy atom. The molecule has 0 bridgehead atoms. The van der Waals surface area contributed by atoms with Gasteiger partial charge in [-0.15, -0.1) is 0 Å². The summed E-state index contributed by atoms with van der Waals surface area (Å²) in [6.45, 7) is 0.364. The molecule has 0 saturated heterocycles. The van der Waals surface area contributed by atoms with E-state index in [9.17, 15) is 18.4 Å². The van der Waals surface area contributed by atoms with E-state index in [1.807, 2.05) is 0 Å². The van der Waals surface area contributed by atoms with Gasteiger partial charge in [0.15, 0.2) is 0 Å². The molecule has 1 rings (SSSR count). The highest BCUT2D eigenvalue weighted by molar-refractivity contribution is 8.76. The summed E-state index contributed by atoms with van der Waals surface area (Å²) >= 11 is 0. The molecule has 1 aromatic heterocycles. The van der Waals surface area contributed by atoms with Gasteiger partial charge in [-0.05, 0) is 6.07 Å². The third-order valence-electron chi connectivity index (χ3n) is 2.23. The summed E-state index contributed by atoms with van der Waals surface area (Å²) < 4.78 is 24.9. The van der Waals surface area contributed by atoms with Crippen molar-refractivity contribution < 1.29 is 23.5 Å². The second kappa shape index (κ2) is 9.56. The second-order valence-corrected chi connectivity index (χ2v) is 6.55. The van der Waals surface area contributed by atoms with Gasteiger partial charge in [-0.2, -0.15) is 0 Å². The number of pyridine rings is 1. The summed E-state index contributed by atoms with van der Waals surface area (Å²) in [4.78, 5) is 25.6. The third-order valence-corrected chi connectivity index (χ3v) is 4.64. The Labute approximate surface area is 128 Å². The molecule has 116 valence electrons. The van der Waals surface area contributed by atoms with Crippen LogP contribution in [0.3, 0.4) is 0 Å². The number of aromatic nitrogens is 1. The Kier molecular flexibility index (Phi) is 8.06. The molecule has 0 spiro atoms. The summed E-state index contributed by atoms with van der Waals surface area (Å²) in [5.74, 6) is -0.212. The van der Waals surface area contributed by atoms with Crippen LogP contribution in [0.2, 0.25) is 0 Å². The lowest BCUT2D eigenvalue weighted by atomic mass is 10.2. The van der Waals surface area contributed by atoms with Crippen molar-refractivity contribution in [3.05, 3.63) is 29.6 Å². The first-order chi connectivity index (χ1) is 10.0. The molecule has 1 heterocycles. The topological polar surface area (TPSA) is 79.3 Å². The molecule has 5 nitrogen and oxygen atoms in total. The van der Waals surface area contributed by atoms with Gasteiger partial charge >= 0.3 is 5.97 Å². The standard InChI is InChI=1S/C12H14F2N2O3S2/c13-11(14)8-5-9(7-15-6-8)12(19)16-2-4-21-20-3-1-10(17)18/h5-7,11H,1-4H2,(H,16,19)(H,17,18). The zero-order valence-corrected chi connectivity index (χ0v) is 12.6. The van der Waals surface area contributed by atoms with Crippen molar-refractivity contribution in [2.75, 3.05) is 18.1 Å². The molecule has 0 atom stereocenters. The van der Waals surface area contributed by atoms with E-state index in [1.54, 1.807) is 0 Å². The first-order valence-electron chi connectivity index (χ1n) is 5.98. The molecule has 0 saturated carbocycles. The number of aliphatic carboxylic acids is 1. The number of carboxylic acid groups (broad SMARTS) is 1. The molecule has 0 aromatic carbocycles. The molecule has 0 fully saturated rings. The average molecular weight is 336 g/mol. The van der Waals surface area contributed by atoms with Gasteiger partial charge in [0.05, 0.1) is 12.0 Å². The smallest absolute Gasteiger partial charge is 0.304 e. The zero-order valence-electron chi connectivity index (χ0n) is 10.9. The van der Waals surface area contributed by atoms with Crippen molar-refractivity contribution in [3.63, 3.8) is 0 Å². The van der Waals surface area contributed by atoms with Crippen LogP contribution >= 0.6 is 21.6 Å². The van der Waals surface area contributed by atoms with Gasteiger partial charge < -0.3 is 10.4 Å². The lowest BCUT2D eigenvalue weighted by Crippen LogP contribution is -2.25. The largest absolute Gasteiger partial charge is 0.481 e. The number of nitrogens with one attached hydrogen (secondary N) is 1. The fourth-order valence-electron chi connectivity index (χ4n) is 1.26. The van der Waals surface area contributed by atoms with Crippen molar-refractivity contribution in [2.45, 2.75) is 12.8 Å². The van der Waals surface area contributed by atoms with E-state index in [2.05, 4.69) is 10.3 Å². The number of nitrogens with zero attached hydrogens (tertiary/aromatic N) is 1. The molecular formula is C12H14F2N2O3S2. The summed E-state index contributed by atoms with van der Waals surface area (Å²) in [7, 11) is 2.85. The highest BCUT2D eigenvalue weighted by Gasteiger charge is 2.11. The maximum absolute atomic E-state index is 12.5. The highest BCUT2D eigenvalue weighted by atomic mass is 33.1. The van der Waals surface area contributed by atoms with Crippen molar-refractivity contribution in [1.29, 1.82) is 0 Å². The van der Waals surface area contributed by atoms with E-state index in [-0.39, 0.29) is 17.5 Å². The molecule has 0 radical (unpaired) electrons. The predicted octanol–water partition coefficient (Wildman–Crippen LogP) is 2.61. The molecule has 0 aliphatic rings. The van der Waals surface area contributed by atoms with Crippen LogP contribution in [0.5, 0.6) is 0 Å². The van der Waals surface area contributed by atoms with Crippen LogP contribution in [0, 0.1) is 0 Å². The van der Waals surface area contributed by atoms with Gasteiger partial charge in [0.1, 0.15) is 0 Å². The van der Waals surface area contributed by atoms with Gasteiger partial charge in [-0.25, -0.2) is 8.78 Å². The number of carboxylic acids is 1. The third kappa shape index (κ3) is 7.28. The number of alkyl halides is 2. The van der Waals surface area contributed by atoms with E-state index in [0.29, 0.717) is 18.1 Å². The fourth-order valence-corrected chi connectivity index (χ4v) is 3.14. The molecule has 1 aromatic rings. The summed E-state index contributed by atoms with van der Waals surface area (Å²) in [6, 6.07) is 1.11. The Balaban J connectivity index is 2.25. The SMILES string of the molecule is O=C(O)CCSSCCNC(=O)c1cncc(C(F)F)c1. The second-order valence-electron chi connectivity index (χ2n) is 3.85. The molecule has 2 N–H and O–H groups in total. The minimum absolute atomic E-state index is 0.0934. The summed E-state index contributed by atoms with van der Waals surface area (Å²) in [5.41, 5.74) is -0.197. The van der Waals surface area contributed by atoms with Gasteiger partial charge in [-0.1, -0.05) is 21.6 Å².